The van der Waals surface area contributed by atoms with Crippen LogP contribution in [0.3, 0.4) is 0 Å². The lowest BCUT2D eigenvalue weighted by Crippen LogP contribution is -2.55. The van der Waals surface area contributed by atoms with E-state index in [9.17, 15) is 53.5 Å². The zero-order chi connectivity index (χ0) is 47.2. The first-order valence-corrected chi connectivity index (χ1v) is 17.3. The van der Waals surface area contributed by atoms with E-state index >= 15 is 0 Å². The number of pyridine rings is 4. The van der Waals surface area contributed by atoms with Crippen LogP contribution in [0.15, 0.2) is 70.9 Å². The molecule has 348 valence electrons. The molecule has 6 atom stereocenters. The molecule has 65 heavy (non-hydrogen) atoms. The van der Waals surface area contributed by atoms with Crippen LogP contribution in [-0.2, 0) is 27.0 Å². The number of carboxylic acid groups (broad SMARTS) is 1. The normalized spacial score (nSPS) is 22.2. The van der Waals surface area contributed by atoms with E-state index in [1.807, 2.05) is 12.1 Å². The second-order valence-corrected chi connectivity index (χ2v) is 13.4. The van der Waals surface area contributed by atoms with Crippen LogP contribution in [0.2, 0.25) is 0 Å². The van der Waals surface area contributed by atoms with E-state index in [-0.39, 0.29) is 43.3 Å². The molecule has 0 saturated heterocycles. The van der Waals surface area contributed by atoms with E-state index in [4.69, 9.17) is 32.8 Å². The fourth-order valence-electron chi connectivity index (χ4n) is 5.65. The molecule has 0 bridgehead atoms. The molecule has 0 amide bonds. The molecule has 16 nitrogen and oxygen atoms in total. The van der Waals surface area contributed by atoms with Gasteiger partial charge in [-0.1, -0.05) is 14.9 Å². The molecule has 7 N–H and O–H groups in total. The van der Waals surface area contributed by atoms with Gasteiger partial charge >= 0.3 is 18.3 Å². The van der Waals surface area contributed by atoms with E-state index in [1.54, 1.807) is 0 Å². The van der Waals surface area contributed by atoms with Gasteiger partial charge in [-0.15, -0.1) is 0 Å². The Morgan fingerprint density at radius 3 is 1.51 bits per heavy atom. The smallest absolute Gasteiger partial charge is 0.428 e. The number of nitrogens with zero attached hydrogens (tertiary/aromatic N) is 8. The number of aromatic nitrogens is 4. The molecule has 0 unspecified atom stereocenters. The minimum Gasteiger partial charge on any atom is -0.477 e. The standard InChI is InChI=1S/C19H14F5N5O2.C11H11F5N4O.C7H4N2O2.2CH4/c1-18(14(21)16(19(22,23)24)31-17(26)29-18)15-11(20)4-3-10(28-15)6-13(30)12-5-2-9(7-25)8-27-12;1-10(7-4(12)2-3-5(17)19-7)6(13)8(11(14,15)16)21-9(18)20-10;8-3-5-1-2-6(7(10)11)9-4-5;;/h2-5,8,14,16H,6H2,1H3,(H2,26,29);2-3,6,8H,1H3,(H2,17,19)(H2,18,20);1-2,4H,(H,10,11);2*1H4/t14-,16-,18-;6-,8-,10-;;;/m00.../s1. The number of carbonyl (C=O) groups excluding carboxylic acids is 1. The van der Waals surface area contributed by atoms with Crippen molar-refractivity contribution in [3.63, 3.8) is 0 Å². The number of Topliss-reactive ketones (excluding diaryl/α,β-unsaturated/α-hetero) is 1. The molecular formula is C39H37F10N11O5. The fraction of sp³-hybridized carbons (Fsp3) is 0.333. The van der Waals surface area contributed by atoms with E-state index in [2.05, 4.69) is 39.4 Å². The lowest BCUT2D eigenvalue weighted by atomic mass is 9.87. The van der Waals surface area contributed by atoms with Crippen LogP contribution >= 0.6 is 0 Å². The summed E-state index contributed by atoms with van der Waals surface area (Å²) in [5.41, 5.74) is 10.1. The van der Waals surface area contributed by atoms with E-state index in [0.717, 1.165) is 38.1 Å². The van der Waals surface area contributed by atoms with Crippen molar-refractivity contribution in [2.75, 3.05) is 5.73 Å². The summed E-state index contributed by atoms with van der Waals surface area (Å²) in [6, 6.07) is 11.1. The molecule has 0 saturated carbocycles. The van der Waals surface area contributed by atoms with Crippen molar-refractivity contribution in [2.45, 2.75) is 83.1 Å². The Hall–Kier alpha value is -7.64. The summed E-state index contributed by atoms with van der Waals surface area (Å²) in [6.07, 6.45) is -19.6. The maximum atomic E-state index is 14.8. The van der Waals surface area contributed by atoms with Gasteiger partial charge < -0.3 is 31.8 Å². The number of rotatable bonds is 6. The molecule has 0 aromatic carbocycles. The summed E-state index contributed by atoms with van der Waals surface area (Å²) in [6.45, 7) is 1.85. The Morgan fingerprint density at radius 2 is 1.12 bits per heavy atom. The number of carbonyl (C=O) groups is 2. The lowest BCUT2D eigenvalue weighted by molar-refractivity contribution is -0.228. The minimum absolute atomic E-state index is 0. The van der Waals surface area contributed by atoms with E-state index < -0.39 is 101 Å². The Morgan fingerprint density at radius 1 is 0.708 bits per heavy atom. The lowest BCUT2D eigenvalue weighted by Gasteiger charge is -2.38. The molecular weight excluding hydrogens is 892 g/mol. The van der Waals surface area contributed by atoms with Crippen molar-refractivity contribution in [1.82, 2.24) is 19.9 Å². The van der Waals surface area contributed by atoms with Crippen LogP contribution < -0.4 is 17.2 Å². The molecule has 26 heteroatoms. The maximum absolute atomic E-state index is 14.8. The summed E-state index contributed by atoms with van der Waals surface area (Å²) >= 11 is 0. The number of carboxylic acids is 1. The Labute approximate surface area is 362 Å². The van der Waals surface area contributed by atoms with Crippen molar-refractivity contribution in [3.8, 4) is 12.1 Å². The second-order valence-electron chi connectivity index (χ2n) is 13.4. The number of hydrogen-bond acceptors (Lipinski definition) is 15. The third-order valence-corrected chi connectivity index (χ3v) is 8.79. The predicted molar refractivity (Wildman–Crippen MR) is 209 cm³/mol. The minimum atomic E-state index is -5.13. The highest BCUT2D eigenvalue weighted by Crippen LogP contribution is 2.43. The summed E-state index contributed by atoms with van der Waals surface area (Å²) in [7, 11) is 0. The van der Waals surface area contributed by atoms with Gasteiger partial charge in [0.25, 0.3) is 12.0 Å². The van der Waals surface area contributed by atoms with Crippen molar-refractivity contribution in [1.29, 1.82) is 10.5 Å². The Balaban J connectivity index is 0.000000368. The number of alkyl halides is 8. The molecule has 2 aliphatic rings. The third kappa shape index (κ3) is 12.3. The number of aliphatic imine (C=N–C) groups is 2. The van der Waals surface area contributed by atoms with Crippen LogP contribution in [0.5, 0.6) is 0 Å². The van der Waals surface area contributed by atoms with Crippen LogP contribution in [-0.4, -0.2) is 85.7 Å². The molecule has 0 spiro atoms. The number of halogens is 10. The molecule has 0 fully saturated rings. The average molecular weight is 930 g/mol. The number of nitrogen functional groups attached to an aromatic ring is 1. The predicted octanol–water partition coefficient (Wildman–Crippen LogP) is 6.30. The van der Waals surface area contributed by atoms with E-state index in [0.29, 0.717) is 5.56 Å². The monoisotopic (exact) mass is 929 g/mol. The molecule has 4 aromatic rings. The van der Waals surface area contributed by atoms with Crippen molar-refractivity contribution in [2.24, 2.45) is 21.5 Å². The number of aromatic carboxylic acids is 1. The molecule has 6 heterocycles. The SMILES string of the molecule is C.C.C[C@]1(c2nc(CC(=O)c3ccc(C#N)cn3)ccc2F)N=C(N)O[C@H](C(F)(F)F)[C@@H]1F.C[C@]1(c2nc(N)ccc2F)N=C(N)O[C@H](C(F)(F)F)[C@@H]1F.N#Cc1ccc(C(=O)O)nc1. The van der Waals surface area contributed by atoms with Crippen molar-refractivity contribution < 1.29 is 68.1 Å². The number of ether oxygens (including phenoxy) is 2. The first kappa shape index (κ1) is 53.5. The highest BCUT2D eigenvalue weighted by Gasteiger charge is 2.60. The van der Waals surface area contributed by atoms with Gasteiger partial charge in [0.05, 0.1) is 17.5 Å². The molecule has 0 aliphatic carbocycles. The number of anilines is 1. The number of ketones is 1. The van der Waals surface area contributed by atoms with Gasteiger partial charge in [0.1, 0.15) is 63.4 Å². The summed E-state index contributed by atoms with van der Waals surface area (Å²) in [5, 5.41) is 25.5. The van der Waals surface area contributed by atoms with Gasteiger partial charge in [-0.25, -0.2) is 42.3 Å². The highest BCUT2D eigenvalue weighted by atomic mass is 19.4. The van der Waals surface area contributed by atoms with Gasteiger partial charge in [-0.2, -0.15) is 36.9 Å². The Kier molecular flexibility index (Phi) is 17.0. The number of nitrogens with two attached hydrogens (primary N) is 3. The molecule has 0 radical (unpaired) electrons. The van der Waals surface area contributed by atoms with Crippen molar-refractivity contribution >= 4 is 29.6 Å². The molecule has 2 aliphatic heterocycles. The Bertz CT molecular complexity index is 2500. The second kappa shape index (κ2) is 20.7. The van der Waals surface area contributed by atoms with Gasteiger partial charge in [-0.05, 0) is 62.4 Å². The summed E-state index contributed by atoms with van der Waals surface area (Å²) in [5.74, 6) is -4.01. The number of hydrogen-bond donors (Lipinski definition) is 4. The maximum Gasteiger partial charge on any atom is 0.428 e. The quantitative estimate of drug-likeness (QED) is 0.122. The largest absolute Gasteiger partial charge is 0.477 e. The number of amidine groups is 2. The highest BCUT2D eigenvalue weighted by molar-refractivity contribution is 5.95. The topological polar surface area (TPSA) is 275 Å². The zero-order valence-electron chi connectivity index (χ0n) is 32.0. The molecule has 6 rings (SSSR count). The van der Waals surface area contributed by atoms with Gasteiger partial charge in [-0.3, -0.25) is 14.8 Å². The summed E-state index contributed by atoms with van der Waals surface area (Å²) in [4.78, 5) is 44.5. The van der Waals surface area contributed by atoms with Crippen LogP contribution in [0.4, 0.5) is 49.7 Å². The van der Waals surface area contributed by atoms with Crippen LogP contribution in [0.25, 0.3) is 0 Å². The number of nitriles is 2. The third-order valence-electron chi connectivity index (χ3n) is 8.79. The van der Waals surface area contributed by atoms with E-state index in [1.165, 1.54) is 36.7 Å². The first-order chi connectivity index (χ1) is 29.2. The fourth-order valence-corrected chi connectivity index (χ4v) is 5.65. The average Bonchev–Trinajstić information content (AvgIpc) is 3.21. The van der Waals surface area contributed by atoms with Gasteiger partial charge in [0, 0.05) is 18.1 Å². The van der Waals surface area contributed by atoms with Gasteiger partial charge in [0.2, 0.25) is 12.2 Å². The molecule has 4 aromatic heterocycles. The van der Waals surface area contributed by atoms with Crippen molar-refractivity contribution in [3.05, 3.63) is 112 Å². The van der Waals surface area contributed by atoms with Gasteiger partial charge in [0.15, 0.2) is 18.1 Å². The van der Waals surface area contributed by atoms with Crippen LogP contribution in [0.1, 0.15) is 77.9 Å². The summed E-state index contributed by atoms with van der Waals surface area (Å²) < 4.78 is 144. The first-order valence-electron chi connectivity index (χ1n) is 17.3. The van der Waals surface area contributed by atoms with Crippen LogP contribution in [0, 0.1) is 34.3 Å². The zero-order valence-corrected chi connectivity index (χ0v) is 32.0.